The van der Waals surface area contributed by atoms with Crippen LogP contribution in [-0.4, -0.2) is 35.2 Å². The first kappa shape index (κ1) is 10.0. The highest BCUT2D eigenvalue weighted by Gasteiger charge is 2.50. The molecule has 2 aliphatic heterocycles. The molecule has 17 heavy (non-hydrogen) atoms. The zero-order valence-electron chi connectivity index (χ0n) is 9.00. The van der Waals surface area contributed by atoms with Gasteiger partial charge in [0.05, 0.1) is 12.2 Å². The second-order valence-electron chi connectivity index (χ2n) is 4.18. The third-order valence-electron chi connectivity index (χ3n) is 3.10. The zero-order chi connectivity index (χ0) is 12.0. The summed E-state index contributed by atoms with van der Waals surface area (Å²) in [5.41, 5.74) is 0.560. The summed E-state index contributed by atoms with van der Waals surface area (Å²) in [7, 11) is 0. The minimum atomic E-state index is -0.588. The topological polar surface area (TPSA) is 57.7 Å². The average molecular weight is 230 g/mol. The van der Waals surface area contributed by atoms with E-state index in [2.05, 4.69) is 0 Å². The summed E-state index contributed by atoms with van der Waals surface area (Å²) in [6, 6.07) is 7.79. The number of para-hydroxylation sites is 1. The number of imide groups is 1. The summed E-state index contributed by atoms with van der Waals surface area (Å²) in [5, 5.41) is 0. The van der Waals surface area contributed by atoms with Gasteiger partial charge in [0.15, 0.2) is 5.78 Å². The monoisotopic (exact) mass is 230 g/mol. The van der Waals surface area contributed by atoms with Crippen LogP contribution in [0.3, 0.4) is 0 Å². The summed E-state index contributed by atoms with van der Waals surface area (Å²) in [4.78, 5) is 37.8. The van der Waals surface area contributed by atoms with Gasteiger partial charge in [-0.25, -0.2) is 9.69 Å². The lowest BCUT2D eigenvalue weighted by Crippen LogP contribution is -2.34. The predicted molar refractivity (Wildman–Crippen MR) is 59.4 cm³/mol. The van der Waals surface area contributed by atoms with E-state index < -0.39 is 12.1 Å². The SMILES string of the molecule is O=C1CC2C(=O)N(c3ccccc3)C(=O)N2C1. The fourth-order valence-electron chi connectivity index (χ4n) is 2.30. The van der Waals surface area contributed by atoms with E-state index in [1.807, 2.05) is 6.07 Å². The van der Waals surface area contributed by atoms with Gasteiger partial charge in [0, 0.05) is 6.42 Å². The predicted octanol–water partition coefficient (Wildman–Crippen LogP) is 0.797. The Balaban J connectivity index is 1.98. The third kappa shape index (κ3) is 1.35. The Morgan fingerprint density at radius 2 is 1.76 bits per heavy atom. The number of hydrogen-bond acceptors (Lipinski definition) is 3. The van der Waals surface area contributed by atoms with Crippen LogP contribution >= 0.6 is 0 Å². The van der Waals surface area contributed by atoms with E-state index in [-0.39, 0.29) is 24.7 Å². The Kier molecular flexibility index (Phi) is 2.01. The molecule has 86 valence electrons. The first-order valence-corrected chi connectivity index (χ1v) is 5.40. The number of ketones is 1. The van der Waals surface area contributed by atoms with E-state index in [9.17, 15) is 14.4 Å². The maximum atomic E-state index is 12.1. The number of fused-ring (bicyclic) bond motifs is 1. The summed E-state index contributed by atoms with van der Waals surface area (Å²) >= 11 is 0. The van der Waals surface area contributed by atoms with Crippen molar-refractivity contribution in [1.29, 1.82) is 0 Å². The van der Waals surface area contributed by atoms with Crippen LogP contribution in [0.2, 0.25) is 0 Å². The lowest BCUT2D eigenvalue weighted by molar-refractivity contribution is -0.121. The molecule has 1 unspecified atom stereocenters. The average Bonchev–Trinajstić information content (AvgIpc) is 2.81. The number of rotatable bonds is 1. The molecule has 0 bridgehead atoms. The number of anilines is 1. The third-order valence-corrected chi connectivity index (χ3v) is 3.10. The molecule has 0 radical (unpaired) electrons. The smallest absolute Gasteiger partial charge is 0.304 e. The molecule has 0 saturated carbocycles. The molecular formula is C12H10N2O3. The fraction of sp³-hybridized carbons (Fsp3) is 0.250. The minimum absolute atomic E-state index is 0.0515. The van der Waals surface area contributed by atoms with Gasteiger partial charge in [-0.2, -0.15) is 0 Å². The molecule has 2 saturated heterocycles. The molecule has 1 aromatic carbocycles. The van der Waals surface area contributed by atoms with Crippen molar-refractivity contribution in [1.82, 2.24) is 4.90 Å². The van der Waals surface area contributed by atoms with Crippen molar-refractivity contribution in [3.63, 3.8) is 0 Å². The molecule has 1 atom stereocenters. The van der Waals surface area contributed by atoms with Gasteiger partial charge in [0.25, 0.3) is 5.91 Å². The van der Waals surface area contributed by atoms with Gasteiger partial charge in [0.2, 0.25) is 0 Å². The molecular weight excluding hydrogens is 220 g/mol. The standard InChI is InChI=1S/C12H10N2O3/c15-9-6-10-11(16)14(12(17)13(10)7-9)8-4-2-1-3-5-8/h1-5,10H,6-7H2. The van der Waals surface area contributed by atoms with Crippen LogP contribution in [0.4, 0.5) is 10.5 Å². The van der Waals surface area contributed by atoms with Crippen LogP contribution < -0.4 is 4.90 Å². The number of Topliss-reactive ketones (excluding diaryl/α,β-unsaturated/α-hetero) is 1. The quantitative estimate of drug-likeness (QED) is 0.670. The van der Waals surface area contributed by atoms with Crippen LogP contribution in [0.5, 0.6) is 0 Å². The summed E-state index contributed by atoms with van der Waals surface area (Å²) in [6.07, 6.45) is 0.147. The van der Waals surface area contributed by atoms with Crippen molar-refractivity contribution in [2.75, 3.05) is 11.4 Å². The molecule has 3 rings (SSSR count). The van der Waals surface area contributed by atoms with Crippen LogP contribution in [0.1, 0.15) is 6.42 Å². The second-order valence-corrected chi connectivity index (χ2v) is 4.18. The number of hydrogen-bond donors (Lipinski definition) is 0. The number of carbonyl (C=O) groups is 3. The van der Waals surface area contributed by atoms with Crippen LogP contribution in [0.25, 0.3) is 0 Å². The van der Waals surface area contributed by atoms with E-state index >= 15 is 0 Å². The lowest BCUT2D eigenvalue weighted by Gasteiger charge is -2.14. The molecule has 3 amide bonds. The lowest BCUT2D eigenvalue weighted by atomic mass is 10.2. The Morgan fingerprint density at radius 1 is 1.06 bits per heavy atom. The van der Waals surface area contributed by atoms with Gasteiger partial charge < -0.3 is 4.90 Å². The molecule has 0 spiro atoms. The number of amides is 3. The van der Waals surface area contributed by atoms with Crippen molar-refractivity contribution >= 4 is 23.4 Å². The Hall–Kier alpha value is -2.17. The van der Waals surface area contributed by atoms with Crippen molar-refractivity contribution in [3.8, 4) is 0 Å². The molecule has 2 heterocycles. The van der Waals surface area contributed by atoms with Gasteiger partial charge in [-0.1, -0.05) is 18.2 Å². The molecule has 0 N–H and O–H groups in total. The molecule has 0 aliphatic carbocycles. The highest BCUT2D eigenvalue weighted by atomic mass is 16.2. The van der Waals surface area contributed by atoms with E-state index in [0.717, 1.165) is 4.90 Å². The number of carbonyl (C=O) groups excluding carboxylic acids is 3. The van der Waals surface area contributed by atoms with E-state index in [0.29, 0.717) is 5.69 Å². The molecule has 2 aliphatic rings. The van der Waals surface area contributed by atoms with Crippen molar-refractivity contribution in [2.24, 2.45) is 0 Å². The zero-order valence-corrected chi connectivity index (χ0v) is 9.00. The number of benzene rings is 1. The molecule has 5 nitrogen and oxygen atoms in total. The maximum Gasteiger partial charge on any atom is 0.332 e. The Bertz CT molecular complexity index is 486. The molecule has 2 fully saturated rings. The maximum absolute atomic E-state index is 12.1. The van der Waals surface area contributed by atoms with Gasteiger partial charge >= 0.3 is 6.03 Å². The number of nitrogens with zero attached hydrogens (tertiary/aromatic N) is 2. The first-order chi connectivity index (χ1) is 8.18. The van der Waals surface area contributed by atoms with Crippen molar-refractivity contribution in [2.45, 2.75) is 12.5 Å². The fourth-order valence-corrected chi connectivity index (χ4v) is 2.30. The first-order valence-electron chi connectivity index (χ1n) is 5.40. The van der Waals surface area contributed by atoms with E-state index in [1.54, 1.807) is 24.3 Å². The van der Waals surface area contributed by atoms with Gasteiger partial charge in [-0.3, -0.25) is 9.59 Å². The summed E-state index contributed by atoms with van der Waals surface area (Å²) in [5.74, 6) is -0.350. The second kappa shape index (κ2) is 3.41. The highest BCUT2D eigenvalue weighted by molar-refractivity contribution is 6.23. The molecule has 1 aromatic rings. The van der Waals surface area contributed by atoms with E-state index in [4.69, 9.17) is 0 Å². The van der Waals surface area contributed by atoms with Crippen LogP contribution in [-0.2, 0) is 9.59 Å². The van der Waals surface area contributed by atoms with E-state index in [1.165, 1.54) is 4.90 Å². The Morgan fingerprint density at radius 3 is 2.41 bits per heavy atom. The van der Waals surface area contributed by atoms with Gasteiger partial charge in [-0.15, -0.1) is 0 Å². The summed E-state index contributed by atoms with van der Waals surface area (Å²) < 4.78 is 0. The minimum Gasteiger partial charge on any atom is -0.304 e. The van der Waals surface area contributed by atoms with Gasteiger partial charge in [0.1, 0.15) is 6.04 Å². The van der Waals surface area contributed by atoms with Crippen LogP contribution in [0.15, 0.2) is 30.3 Å². The number of urea groups is 1. The van der Waals surface area contributed by atoms with Crippen molar-refractivity contribution < 1.29 is 14.4 Å². The Labute approximate surface area is 97.6 Å². The summed E-state index contributed by atoms with van der Waals surface area (Å²) in [6.45, 7) is 0.0541. The van der Waals surface area contributed by atoms with Crippen molar-refractivity contribution in [3.05, 3.63) is 30.3 Å². The largest absolute Gasteiger partial charge is 0.332 e. The van der Waals surface area contributed by atoms with Gasteiger partial charge in [-0.05, 0) is 12.1 Å². The normalized spacial score (nSPS) is 23.5. The highest BCUT2D eigenvalue weighted by Crippen LogP contribution is 2.29. The molecule has 5 heteroatoms. The molecule has 0 aromatic heterocycles. The van der Waals surface area contributed by atoms with Crippen LogP contribution in [0, 0.1) is 0 Å².